The van der Waals surface area contributed by atoms with Crippen LogP contribution in [0.4, 0.5) is 0 Å². The zero-order valence-corrected chi connectivity index (χ0v) is 10.9. The molecule has 100 valence electrons. The van der Waals surface area contributed by atoms with E-state index in [1.54, 1.807) is 0 Å². The fraction of sp³-hybridized carbons (Fsp3) is 0.917. The number of hydrogen-bond donors (Lipinski definition) is 2. The SMILES string of the molecule is CCC(CC(N)=NO)N(C)CC1CCOCC1. The number of nitrogens with two attached hydrogens (primary N) is 1. The molecule has 5 nitrogen and oxygen atoms in total. The molecule has 1 rings (SSSR count). The number of hydrogen-bond acceptors (Lipinski definition) is 4. The van der Waals surface area contributed by atoms with Crippen molar-refractivity contribution < 1.29 is 9.94 Å². The van der Waals surface area contributed by atoms with Crippen LogP contribution in [0.3, 0.4) is 0 Å². The van der Waals surface area contributed by atoms with Crippen molar-refractivity contribution in [2.45, 2.75) is 38.6 Å². The molecule has 0 amide bonds. The third-order valence-corrected chi connectivity index (χ3v) is 3.55. The van der Waals surface area contributed by atoms with Crippen molar-refractivity contribution in [2.75, 3.05) is 26.8 Å². The minimum Gasteiger partial charge on any atom is -0.409 e. The highest BCUT2D eigenvalue weighted by atomic mass is 16.5. The molecule has 5 heteroatoms. The summed E-state index contributed by atoms with van der Waals surface area (Å²) in [4.78, 5) is 2.33. The second kappa shape index (κ2) is 7.50. The van der Waals surface area contributed by atoms with Gasteiger partial charge in [0.25, 0.3) is 0 Å². The molecule has 1 atom stereocenters. The van der Waals surface area contributed by atoms with Crippen LogP contribution in [0.2, 0.25) is 0 Å². The highest BCUT2D eigenvalue weighted by molar-refractivity contribution is 5.80. The summed E-state index contributed by atoms with van der Waals surface area (Å²) in [5.74, 6) is 1.03. The third kappa shape index (κ3) is 4.91. The molecule has 17 heavy (non-hydrogen) atoms. The molecule has 0 aromatic rings. The molecule has 1 saturated heterocycles. The molecule has 1 aliphatic rings. The Morgan fingerprint density at radius 3 is 2.71 bits per heavy atom. The number of oxime groups is 1. The van der Waals surface area contributed by atoms with Gasteiger partial charge in [0.05, 0.1) is 0 Å². The van der Waals surface area contributed by atoms with Crippen molar-refractivity contribution in [1.29, 1.82) is 0 Å². The molecule has 1 heterocycles. The van der Waals surface area contributed by atoms with Gasteiger partial charge in [0.1, 0.15) is 5.84 Å². The fourth-order valence-corrected chi connectivity index (χ4v) is 2.38. The zero-order chi connectivity index (χ0) is 12.7. The van der Waals surface area contributed by atoms with Crippen LogP contribution in [0.1, 0.15) is 32.6 Å². The highest BCUT2D eigenvalue weighted by Crippen LogP contribution is 2.18. The lowest BCUT2D eigenvalue weighted by Crippen LogP contribution is -2.39. The molecular formula is C12H25N3O2. The van der Waals surface area contributed by atoms with E-state index in [2.05, 4.69) is 24.0 Å². The van der Waals surface area contributed by atoms with Crippen LogP contribution in [-0.2, 0) is 4.74 Å². The van der Waals surface area contributed by atoms with Gasteiger partial charge < -0.3 is 20.6 Å². The quantitative estimate of drug-likeness (QED) is 0.319. The number of rotatable bonds is 6. The van der Waals surface area contributed by atoms with E-state index in [1.807, 2.05) is 0 Å². The first kappa shape index (κ1) is 14.3. The maximum atomic E-state index is 8.61. The van der Waals surface area contributed by atoms with Gasteiger partial charge in [0, 0.05) is 32.2 Å². The summed E-state index contributed by atoms with van der Waals surface area (Å²) in [5.41, 5.74) is 5.57. The molecule has 0 radical (unpaired) electrons. The minimum absolute atomic E-state index is 0.315. The van der Waals surface area contributed by atoms with Crippen molar-refractivity contribution in [3.8, 4) is 0 Å². The predicted molar refractivity (Wildman–Crippen MR) is 68.3 cm³/mol. The molecule has 0 aliphatic carbocycles. The zero-order valence-electron chi connectivity index (χ0n) is 10.9. The van der Waals surface area contributed by atoms with Crippen LogP contribution in [0.25, 0.3) is 0 Å². The van der Waals surface area contributed by atoms with E-state index in [1.165, 1.54) is 0 Å². The van der Waals surface area contributed by atoms with Gasteiger partial charge in [-0.25, -0.2) is 0 Å². The second-order valence-electron chi connectivity index (χ2n) is 4.85. The van der Waals surface area contributed by atoms with Crippen molar-refractivity contribution in [3.05, 3.63) is 0 Å². The van der Waals surface area contributed by atoms with Crippen molar-refractivity contribution in [1.82, 2.24) is 4.90 Å². The van der Waals surface area contributed by atoms with E-state index in [0.717, 1.165) is 44.9 Å². The summed E-state index contributed by atoms with van der Waals surface area (Å²) < 4.78 is 5.36. The molecule has 0 saturated carbocycles. The maximum absolute atomic E-state index is 8.61. The van der Waals surface area contributed by atoms with Gasteiger partial charge in [-0.05, 0) is 32.2 Å². The lowest BCUT2D eigenvalue weighted by atomic mass is 9.98. The molecule has 1 unspecified atom stereocenters. The van der Waals surface area contributed by atoms with Gasteiger partial charge in [-0.3, -0.25) is 0 Å². The number of ether oxygens (including phenoxy) is 1. The predicted octanol–water partition coefficient (Wildman–Crippen LogP) is 1.26. The Hall–Kier alpha value is -0.810. The molecule has 1 fully saturated rings. The summed E-state index contributed by atoms with van der Waals surface area (Å²) in [6.07, 6.45) is 3.93. The highest BCUT2D eigenvalue weighted by Gasteiger charge is 2.20. The molecular weight excluding hydrogens is 218 g/mol. The van der Waals surface area contributed by atoms with Gasteiger partial charge in [-0.1, -0.05) is 12.1 Å². The summed E-state index contributed by atoms with van der Waals surface area (Å²) in [5, 5.41) is 11.7. The lowest BCUT2D eigenvalue weighted by Gasteiger charge is -2.32. The Morgan fingerprint density at radius 2 is 2.18 bits per heavy atom. The third-order valence-electron chi connectivity index (χ3n) is 3.55. The Labute approximate surface area is 104 Å². The minimum atomic E-state index is 0.315. The number of amidine groups is 1. The van der Waals surface area contributed by atoms with E-state index in [4.69, 9.17) is 15.7 Å². The van der Waals surface area contributed by atoms with Gasteiger partial charge in [0.2, 0.25) is 0 Å². The van der Waals surface area contributed by atoms with Crippen LogP contribution >= 0.6 is 0 Å². The maximum Gasteiger partial charge on any atom is 0.140 e. The van der Waals surface area contributed by atoms with Crippen LogP contribution in [0.15, 0.2) is 5.16 Å². The molecule has 1 aliphatic heterocycles. The summed E-state index contributed by atoms with van der Waals surface area (Å²) >= 11 is 0. The topological polar surface area (TPSA) is 71.1 Å². The normalized spacial score (nSPS) is 20.8. The van der Waals surface area contributed by atoms with E-state index in [-0.39, 0.29) is 0 Å². The first-order valence-electron chi connectivity index (χ1n) is 6.41. The largest absolute Gasteiger partial charge is 0.409 e. The Balaban J connectivity index is 2.39. The summed E-state index contributed by atoms with van der Waals surface area (Å²) in [6, 6.07) is 0.355. The van der Waals surface area contributed by atoms with Crippen molar-refractivity contribution in [3.63, 3.8) is 0 Å². The lowest BCUT2D eigenvalue weighted by molar-refractivity contribution is 0.0504. The molecule has 0 aromatic carbocycles. The van der Waals surface area contributed by atoms with E-state index < -0.39 is 0 Å². The fourth-order valence-electron chi connectivity index (χ4n) is 2.38. The van der Waals surface area contributed by atoms with Crippen molar-refractivity contribution in [2.24, 2.45) is 16.8 Å². The second-order valence-corrected chi connectivity index (χ2v) is 4.85. The first-order valence-corrected chi connectivity index (χ1v) is 6.41. The van der Waals surface area contributed by atoms with E-state index >= 15 is 0 Å². The molecule has 0 bridgehead atoms. The van der Waals surface area contributed by atoms with Crippen LogP contribution in [0, 0.1) is 5.92 Å². The smallest absolute Gasteiger partial charge is 0.140 e. The molecule has 0 aromatic heterocycles. The standard InChI is InChI=1S/C12H25N3O2/c1-3-11(8-12(13)14-16)15(2)9-10-4-6-17-7-5-10/h10-11,16H,3-9H2,1-2H3,(H2,13,14). The van der Waals surface area contributed by atoms with Gasteiger partial charge in [-0.2, -0.15) is 0 Å². The average molecular weight is 243 g/mol. The first-order chi connectivity index (χ1) is 8.17. The van der Waals surface area contributed by atoms with Gasteiger partial charge in [0.15, 0.2) is 0 Å². The Bertz CT molecular complexity index is 240. The Kier molecular flexibility index (Phi) is 6.29. The molecule has 0 spiro atoms. The van der Waals surface area contributed by atoms with E-state index in [0.29, 0.717) is 18.3 Å². The van der Waals surface area contributed by atoms with E-state index in [9.17, 15) is 0 Å². The molecule has 3 N–H and O–H groups in total. The van der Waals surface area contributed by atoms with Crippen LogP contribution in [0.5, 0.6) is 0 Å². The monoisotopic (exact) mass is 243 g/mol. The Morgan fingerprint density at radius 1 is 1.53 bits per heavy atom. The van der Waals surface area contributed by atoms with Crippen LogP contribution in [-0.4, -0.2) is 48.8 Å². The van der Waals surface area contributed by atoms with Crippen molar-refractivity contribution >= 4 is 5.84 Å². The average Bonchev–Trinajstić information content (AvgIpc) is 2.36. The van der Waals surface area contributed by atoms with Gasteiger partial charge >= 0.3 is 0 Å². The number of nitrogens with zero attached hydrogens (tertiary/aromatic N) is 2. The van der Waals surface area contributed by atoms with Gasteiger partial charge in [-0.15, -0.1) is 0 Å². The summed E-state index contributed by atoms with van der Waals surface area (Å²) in [7, 11) is 2.12. The van der Waals surface area contributed by atoms with Crippen LogP contribution < -0.4 is 5.73 Å². The summed E-state index contributed by atoms with van der Waals surface area (Å²) in [6.45, 7) is 4.97.